The highest BCUT2D eigenvalue weighted by molar-refractivity contribution is 7.89. The van der Waals surface area contributed by atoms with Gasteiger partial charge in [-0.05, 0) is 49.2 Å². The van der Waals surface area contributed by atoms with Gasteiger partial charge in [-0.25, -0.2) is 18.4 Å². The van der Waals surface area contributed by atoms with E-state index in [1.807, 2.05) is 55.1 Å². The van der Waals surface area contributed by atoms with Gasteiger partial charge in [-0.2, -0.15) is 8.99 Å². The van der Waals surface area contributed by atoms with Crippen molar-refractivity contribution < 1.29 is 8.42 Å². The van der Waals surface area contributed by atoms with Crippen LogP contribution in [0.3, 0.4) is 0 Å². The smallest absolute Gasteiger partial charge is 0.243 e. The minimum Gasteiger partial charge on any atom is -0.352 e. The number of rotatable bonds is 4. The minimum atomic E-state index is -3.54. The fourth-order valence-electron chi connectivity index (χ4n) is 3.88. The Balaban J connectivity index is 1.39. The first kappa shape index (κ1) is 20.5. The lowest BCUT2D eigenvalue weighted by Crippen LogP contribution is -2.49. The molecule has 10 heteroatoms. The van der Waals surface area contributed by atoms with E-state index in [0.717, 1.165) is 16.8 Å². The third-order valence-corrected chi connectivity index (χ3v) is 7.77. The molecule has 0 radical (unpaired) electrons. The molecule has 9 nitrogen and oxygen atoms in total. The van der Waals surface area contributed by atoms with E-state index in [4.69, 9.17) is 0 Å². The Morgan fingerprint density at radius 2 is 1.62 bits per heavy atom. The molecule has 1 fully saturated rings. The quantitative estimate of drug-likeness (QED) is 0.472. The van der Waals surface area contributed by atoms with Crippen molar-refractivity contribution in [2.75, 3.05) is 31.1 Å². The first-order valence-corrected chi connectivity index (χ1v) is 11.8. The number of aromatic nitrogens is 5. The van der Waals surface area contributed by atoms with Crippen LogP contribution in [0.1, 0.15) is 11.1 Å². The maximum absolute atomic E-state index is 13.1. The molecule has 1 aliphatic heterocycles. The number of hydrogen-bond acceptors (Lipinski definition) is 7. The van der Waals surface area contributed by atoms with Gasteiger partial charge in [0.05, 0.1) is 10.6 Å². The Morgan fingerprint density at radius 3 is 2.34 bits per heavy atom. The summed E-state index contributed by atoms with van der Waals surface area (Å²) in [5.41, 5.74) is 4.12. The van der Waals surface area contributed by atoms with Crippen LogP contribution < -0.4 is 4.90 Å². The Bertz CT molecular complexity index is 1380. The molecule has 0 aliphatic carbocycles. The normalized spacial score (nSPS) is 15.4. The van der Waals surface area contributed by atoms with Crippen molar-refractivity contribution in [3.05, 3.63) is 66.0 Å². The highest BCUT2D eigenvalue weighted by Crippen LogP contribution is 2.25. The molecular weight excluding hydrogens is 426 g/mol. The molecule has 0 amide bonds. The SMILES string of the molecule is Cc1ccc(S(=O)(=O)N2CCN(c3ncnc4c3nnn4-c3ccccc3)CC2)cc1C. The van der Waals surface area contributed by atoms with Crippen LogP contribution in [0.15, 0.2) is 59.8 Å². The summed E-state index contributed by atoms with van der Waals surface area (Å²) in [7, 11) is -3.54. The lowest BCUT2D eigenvalue weighted by atomic mass is 10.1. The average molecular weight is 450 g/mol. The molecule has 0 unspecified atom stereocenters. The molecule has 0 N–H and O–H groups in total. The van der Waals surface area contributed by atoms with Crippen molar-refractivity contribution in [2.24, 2.45) is 0 Å². The zero-order chi connectivity index (χ0) is 22.3. The Kier molecular flexibility index (Phi) is 5.10. The lowest BCUT2D eigenvalue weighted by molar-refractivity contribution is 0.384. The van der Waals surface area contributed by atoms with Crippen LogP contribution in [0.25, 0.3) is 16.9 Å². The Hall–Kier alpha value is -3.37. The molecule has 1 aliphatic rings. The van der Waals surface area contributed by atoms with E-state index < -0.39 is 10.0 Å². The van der Waals surface area contributed by atoms with Gasteiger partial charge < -0.3 is 4.90 Å². The summed E-state index contributed by atoms with van der Waals surface area (Å²) in [4.78, 5) is 11.2. The topological polar surface area (TPSA) is 97.1 Å². The van der Waals surface area contributed by atoms with Crippen molar-refractivity contribution in [1.29, 1.82) is 0 Å². The van der Waals surface area contributed by atoms with Gasteiger partial charge in [0.15, 0.2) is 17.0 Å². The van der Waals surface area contributed by atoms with Gasteiger partial charge in [-0.1, -0.05) is 29.5 Å². The van der Waals surface area contributed by atoms with Gasteiger partial charge in [0.25, 0.3) is 0 Å². The summed E-state index contributed by atoms with van der Waals surface area (Å²) in [5, 5.41) is 8.58. The second-order valence-corrected chi connectivity index (χ2v) is 9.78. The summed E-state index contributed by atoms with van der Waals surface area (Å²) in [5.74, 6) is 0.667. The standard InChI is InChI=1S/C22H23N7O2S/c1-16-8-9-19(14-17(16)2)32(30,31)28-12-10-27(11-13-28)21-20-22(24-15-23-21)29(26-25-20)18-6-4-3-5-7-18/h3-9,14-15H,10-13H2,1-2H3. The maximum Gasteiger partial charge on any atom is 0.243 e. The number of anilines is 1. The number of nitrogens with zero attached hydrogens (tertiary/aromatic N) is 7. The predicted octanol–water partition coefficient (Wildman–Crippen LogP) is 2.34. The third-order valence-electron chi connectivity index (χ3n) is 5.87. The first-order chi connectivity index (χ1) is 15.4. The van der Waals surface area contributed by atoms with Crippen LogP contribution in [0, 0.1) is 13.8 Å². The van der Waals surface area contributed by atoms with Crippen LogP contribution in [-0.4, -0.2) is 63.9 Å². The van der Waals surface area contributed by atoms with Crippen LogP contribution >= 0.6 is 0 Å². The monoisotopic (exact) mass is 449 g/mol. The van der Waals surface area contributed by atoms with Crippen LogP contribution in [0.4, 0.5) is 5.82 Å². The van der Waals surface area contributed by atoms with E-state index in [-0.39, 0.29) is 0 Å². The molecule has 1 saturated heterocycles. The lowest BCUT2D eigenvalue weighted by Gasteiger charge is -2.34. The molecular formula is C22H23N7O2S. The summed E-state index contributed by atoms with van der Waals surface area (Å²) in [6, 6.07) is 15.0. The molecule has 2 aromatic heterocycles. The van der Waals surface area contributed by atoms with Gasteiger partial charge in [0.1, 0.15) is 6.33 Å². The molecule has 4 aromatic rings. The van der Waals surface area contributed by atoms with Crippen molar-refractivity contribution in [3.63, 3.8) is 0 Å². The number of hydrogen-bond donors (Lipinski definition) is 0. The van der Waals surface area contributed by atoms with Crippen molar-refractivity contribution in [2.45, 2.75) is 18.7 Å². The van der Waals surface area contributed by atoms with Gasteiger partial charge in [0, 0.05) is 26.2 Å². The van der Waals surface area contributed by atoms with Crippen molar-refractivity contribution >= 4 is 27.0 Å². The maximum atomic E-state index is 13.1. The minimum absolute atomic E-state index is 0.337. The Labute approximate surface area is 186 Å². The number of sulfonamides is 1. The summed E-state index contributed by atoms with van der Waals surface area (Å²) in [6.07, 6.45) is 1.50. The van der Waals surface area contributed by atoms with Crippen molar-refractivity contribution in [3.8, 4) is 5.69 Å². The van der Waals surface area contributed by atoms with E-state index in [1.165, 1.54) is 10.6 Å². The average Bonchev–Trinajstić information content (AvgIpc) is 3.26. The second kappa shape index (κ2) is 7.95. The number of piperazine rings is 1. The van der Waals surface area contributed by atoms with E-state index >= 15 is 0 Å². The number of para-hydroxylation sites is 1. The molecule has 0 bridgehead atoms. The number of fused-ring (bicyclic) bond motifs is 1. The molecule has 0 saturated carbocycles. The highest BCUT2D eigenvalue weighted by Gasteiger charge is 2.30. The molecule has 3 heterocycles. The predicted molar refractivity (Wildman–Crippen MR) is 121 cm³/mol. The zero-order valence-electron chi connectivity index (χ0n) is 17.9. The fourth-order valence-corrected chi connectivity index (χ4v) is 5.38. The molecule has 0 atom stereocenters. The van der Waals surface area contributed by atoms with Gasteiger partial charge >= 0.3 is 0 Å². The van der Waals surface area contributed by atoms with Crippen molar-refractivity contribution in [1.82, 2.24) is 29.3 Å². The van der Waals surface area contributed by atoms with Gasteiger partial charge in [0.2, 0.25) is 10.0 Å². The molecule has 5 rings (SSSR count). The fraction of sp³-hybridized carbons (Fsp3) is 0.273. The summed E-state index contributed by atoms with van der Waals surface area (Å²) in [6.45, 7) is 5.65. The second-order valence-electron chi connectivity index (χ2n) is 7.84. The summed E-state index contributed by atoms with van der Waals surface area (Å²) >= 11 is 0. The molecule has 2 aromatic carbocycles. The van der Waals surface area contributed by atoms with E-state index in [1.54, 1.807) is 16.8 Å². The first-order valence-electron chi connectivity index (χ1n) is 10.4. The van der Waals surface area contributed by atoms with E-state index in [0.29, 0.717) is 48.1 Å². The highest BCUT2D eigenvalue weighted by atomic mass is 32.2. The Morgan fingerprint density at radius 1 is 0.875 bits per heavy atom. The van der Waals surface area contributed by atoms with Gasteiger partial charge in [-0.3, -0.25) is 0 Å². The van der Waals surface area contributed by atoms with E-state index in [9.17, 15) is 8.42 Å². The van der Waals surface area contributed by atoms with Crippen LogP contribution in [0.5, 0.6) is 0 Å². The largest absolute Gasteiger partial charge is 0.352 e. The molecule has 164 valence electrons. The molecule has 32 heavy (non-hydrogen) atoms. The number of benzene rings is 2. The van der Waals surface area contributed by atoms with Crippen LogP contribution in [-0.2, 0) is 10.0 Å². The van der Waals surface area contributed by atoms with Gasteiger partial charge in [-0.15, -0.1) is 5.10 Å². The third kappa shape index (κ3) is 3.51. The molecule has 0 spiro atoms. The number of aryl methyl sites for hydroxylation is 2. The summed E-state index contributed by atoms with van der Waals surface area (Å²) < 4.78 is 29.5. The van der Waals surface area contributed by atoms with Crippen LogP contribution in [0.2, 0.25) is 0 Å². The zero-order valence-corrected chi connectivity index (χ0v) is 18.7. The van der Waals surface area contributed by atoms with E-state index in [2.05, 4.69) is 20.3 Å².